The summed E-state index contributed by atoms with van der Waals surface area (Å²) in [6.07, 6.45) is 1.18. The van der Waals surface area contributed by atoms with Crippen LogP contribution in [-0.2, 0) is 0 Å². The Morgan fingerprint density at radius 1 is 1.05 bits per heavy atom. The van der Waals surface area contributed by atoms with Gasteiger partial charge in [-0.15, -0.1) is 0 Å². The van der Waals surface area contributed by atoms with Crippen molar-refractivity contribution >= 4 is 0 Å². The molecule has 0 bridgehead atoms. The molecule has 0 aliphatic rings. The van der Waals surface area contributed by atoms with Crippen molar-refractivity contribution in [3.05, 3.63) is 35.4 Å². The lowest BCUT2D eigenvalue weighted by molar-refractivity contribution is 0.303. The van der Waals surface area contributed by atoms with Crippen molar-refractivity contribution in [3.63, 3.8) is 0 Å². The van der Waals surface area contributed by atoms with Crippen LogP contribution in [-0.4, -0.2) is 31.6 Å². The lowest BCUT2D eigenvalue weighted by atomic mass is 9.99. The first-order valence-corrected chi connectivity index (χ1v) is 7.60. The summed E-state index contributed by atoms with van der Waals surface area (Å²) in [4.78, 5) is 2.36. The van der Waals surface area contributed by atoms with Crippen molar-refractivity contribution in [1.82, 2.24) is 10.2 Å². The van der Waals surface area contributed by atoms with Crippen LogP contribution in [0.3, 0.4) is 0 Å². The summed E-state index contributed by atoms with van der Waals surface area (Å²) < 4.78 is 0. The fourth-order valence-corrected chi connectivity index (χ4v) is 2.16. The van der Waals surface area contributed by atoms with Crippen molar-refractivity contribution < 1.29 is 0 Å². The topological polar surface area (TPSA) is 15.3 Å². The number of hydrogen-bond acceptors (Lipinski definition) is 2. The molecule has 1 rings (SSSR count). The Hall–Kier alpha value is -0.860. The number of nitrogens with zero attached hydrogens (tertiary/aromatic N) is 1. The van der Waals surface area contributed by atoms with Gasteiger partial charge in [-0.05, 0) is 43.6 Å². The van der Waals surface area contributed by atoms with Crippen molar-refractivity contribution in [2.45, 2.75) is 46.1 Å². The minimum Gasteiger partial charge on any atom is -0.309 e. The number of likely N-dealkylation sites (N-methyl/N-ethyl adjacent to an activating group) is 1. The largest absolute Gasteiger partial charge is 0.309 e. The van der Waals surface area contributed by atoms with Gasteiger partial charge in [0.05, 0.1) is 0 Å². The molecule has 0 saturated heterocycles. The Morgan fingerprint density at radius 3 is 2.11 bits per heavy atom. The minimum absolute atomic E-state index is 0.436. The van der Waals surface area contributed by atoms with Gasteiger partial charge in [0.1, 0.15) is 0 Å². The molecular weight excluding hydrogens is 232 g/mol. The van der Waals surface area contributed by atoms with Gasteiger partial charge in [0.25, 0.3) is 0 Å². The molecule has 0 aliphatic carbocycles. The summed E-state index contributed by atoms with van der Waals surface area (Å²) in [6.45, 7) is 12.1. The molecule has 19 heavy (non-hydrogen) atoms. The molecule has 0 spiro atoms. The molecule has 0 aromatic heterocycles. The highest BCUT2D eigenvalue weighted by molar-refractivity contribution is 5.27. The number of benzene rings is 1. The number of rotatable bonds is 8. The highest BCUT2D eigenvalue weighted by Gasteiger charge is 2.12. The van der Waals surface area contributed by atoms with E-state index in [1.807, 2.05) is 0 Å². The maximum Gasteiger partial charge on any atom is 0.0449 e. The second kappa shape index (κ2) is 8.34. The van der Waals surface area contributed by atoms with E-state index in [-0.39, 0.29) is 0 Å². The number of hydrogen-bond donors (Lipinski definition) is 1. The summed E-state index contributed by atoms with van der Waals surface area (Å²) in [5, 5.41) is 3.66. The first-order chi connectivity index (χ1) is 9.08. The van der Waals surface area contributed by atoms with Gasteiger partial charge in [-0.1, -0.05) is 52.0 Å². The second-order valence-corrected chi connectivity index (χ2v) is 5.68. The third-order valence-electron chi connectivity index (χ3n) is 3.68. The quantitative estimate of drug-likeness (QED) is 0.766. The van der Waals surface area contributed by atoms with Gasteiger partial charge in [0.15, 0.2) is 0 Å². The monoisotopic (exact) mass is 262 g/mol. The van der Waals surface area contributed by atoms with E-state index in [9.17, 15) is 0 Å². The van der Waals surface area contributed by atoms with Crippen LogP contribution in [0.1, 0.15) is 57.2 Å². The molecule has 1 unspecified atom stereocenters. The van der Waals surface area contributed by atoms with Crippen LogP contribution in [0, 0.1) is 0 Å². The van der Waals surface area contributed by atoms with Crippen LogP contribution in [0.4, 0.5) is 0 Å². The van der Waals surface area contributed by atoms with Gasteiger partial charge < -0.3 is 10.2 Å². The SMILES string of the molecule is CCCNC(CN(C)CC)c1ccc(C(C)C)cc1. The van der Waals surface area contributed by atoms with E-state index in [4.69, 9.17) is 0 Å². The second-order valence-electron chi connectivity index (χ2n) is 5.68. The van der Waals surface area contributed by atoms with Crippen molar-refractivity contribution in [2.24, 2.45) is 0 Å². The van der Waals surface area contributed by atoms with Gasteiger partial charge in [-0.3, -0.25) is 0 Å². The number of nitrogens with one attached hydrogen (secondary N) is 1. The molecule has 1 aromatic carbocycles. The molecule has 0 aliphatic heterocycles. The van der Waals surface area contributed by atoms with E-state index < -0.39 is 0 Å². The first-order valence-electron chi connectivity index (χ1n) is 7.60. The molecule has 1 atom stereocenters. The van der Waals surface area contributed by atoms with Gasteiger partial charge >= 0.3 is 0 Å². The maximum atomic E-state index is 3.66. The first kappa shape index (κ1) is 16.2. The van der Waals surface area contributed by atoms with Gasteiger partial charge in [0.2, 0.25) is 0 Å². The average molecular weight is 262 g/mol. The molecular formula is C17H30N2. The van der Waals surface area contributed by atoms with Crippen LogP contribution in [0.2, 0.25) is 0 Å². The Balaban J connectivity index is 2.77. The molecule has 0 radical (unpaired) electrons. The predicted octanol–water partition coefficient (Wildman–Crippen LogP) is 3.80. The normalized spacial score (nSPS) is 13.2. The predicted molar refractivity (Wildman–Crippen MR) is 84.7 cm³/mol. The lowest BCUT2D eigenvalue weighted by Crippen LogP contribution is -2.33. The third-order valence-corrected chi connectivity index (χ3v) is 3.68. The highest BCUT2D eigenvalue weighted by Crippen LogP contribution is 2.19. The minimum atomic E-state index is 0.436. The van der Waals surface area contributed by atoms with E-state index in [1.165, 1.54) is 17.5 Å². The highest BCUT2D eigenvalue weighted by atomic mass is 15.1. The molecule has 1 aromatic rings. The van der Waals surface area contributed by atoms with Crippen LogP contribution in [0.5, 0.6) is 0 Å². The zero-order chi connectivity index (χ0) is 14.3. The molecule has 0 fully saturated rings. The summed E-state index contributed by atoms with van der Waals surface area (Å²) >= 11 is 0. The van der Waals surface area contributed by atoms with E-state index in [2.05, 4.69) is 69.2 Å². The standard InChI is InChI=1S/C17H30N2/c1-6-12-18-17(13-19(5)7-2)16-10-8-15(9-11-16)14(3)4/h8-11,14,17-18H,6-7,12-13H2,1-5H3. The Morgan fingerprint density at radius 2 is 1.63 bits per heavy atom. The molecule has 2 heteroatoms. The lowest BCUT2D eigenvalue weighted by Gasteiger charge is -2.25. The van der Waals surface area contributed by atoms with E-state index in [0.717, 1.165) is 19.6 Å². The van der Waals surface area contributed by atoms with Crippen LogP contribution < -0.4 is 5.32 Å². The molecule has 2 nitrogen and oxygen atoms in total. The summed E-state index contributed by atoms with van der Waals surface area (Å²) in [5.41, 5.74) is 2.82. The Bertz CT molecular complexity index is 343. The van der Waals surface area contributed by atoms with Gasteiger partial charge in [0, 0.05) is 12.6 Å². The summed E-state index contributed by atoms with van der Waals surface area (Å²) in [5.74, 6) is 0.606. The maximum absolute atomic E-state index is 3.66. The van der Waals surface area contributed by atoms with Crippen molar-refractivity contribution in [3.8, 4) is 0 Å². The van der Waals surface area contributed by atoms with Crippen LogP contribution >= 0.6 is 0 Å². The molecule has 0 amide bonds. The molecule has 1 N–H and O–H groups in total. The van der Waals surface area contributed by atoms with Crippen molar-refractivity contribution in [1.29, 1.82) is 0 Å². The van der Waals surface area contributed by atoms with E-state index >= 15 is 0 Å². The van der Waals surface area contributed by atoms with E-state index in [1.54, 1.807) is 0 Å². The van der Waals surface area contributed by atoms with Gasteiger partial charge in [-0.2, -0.15) is 0 Å². The van der Waals surface area contributed by atoms with E-state index in [0.29, 0.717) is 12.0 Å². The molecule has 108 valence electrons. The fraction of sp³-hybridized carbons (Fsp3) is 0.647. The fourth-order valence-electron chi connectivity index (χ4n) is 2.16. The Labute approximate surface area is 119 Å². The summed E-state index contributed by atoms with van der Waals surface area (Å²) in [7, 11) is 2.18. The average Bonchev–Trinajstić information content (AvgIpc) is 2.43. The van der Waals surface area contributed by atoms with Crippen LogP contribution in [0.15, 0.2) is 24.3 Å². The summed E-state index contributed by atoms with van der Waals surface area (Å²) in [6, 6.07) is 9.54. The van der Waals surface area contributed by atoms with Crippen LogP contribution in [0.25, 0.3) is 0 Å². The van der Waals surface area contributed by atoms with Gasteiger partial charge in [-0.25, -0.2) is 0 Å². The zero-order valence-electron chi connectivity index (χ0n) is 13.2. The third kappa shape index (κ3) is 5.33. The smallest absolute Gasteiger partial charge is 0.0449 e. The molecule has 0 saturated carbocycles. The molecule has 0 heterocycles. The Kier molecular flexibility index (Phi) is 7.11. The van der Waals surface area contributed by atoms with Crippen molar-refractivity contribution in [2.75, 3.05) is 26.7 Å². The zero-order valence-corrected chi connectivity index (χ0v) is 13.2.